The van der Waals surface area contributed by atoms with E-state index in [0.29, 0.717) is 18.7 Å². The summed E-state index contributed by atoms with van der Waals surface area (Å²) in [6, 6.07) is 1.26. The number of hydrogen-bond acceptors (Lipinski definition) is 4. The number of nitrogens with one attached hydrogen (secondary N) is 1. The van der Waals surface area contributed by atoms with Crippen molar-refractivity contribution in [2.45, 2.75) is 33.3 Å². The zero-order chi connectivity index (χ0) is 15.3. The summed E-state index contributed by atoms with van der Waals surface area (Å²) >= 11 is 0. The maximum atomic E-state index is 11.9. The van der Waals surface area contributed by atoms with Gasteiger partial charge in [0.25, 0.3) is 5.91 Å². The van der Waals surface area contributed by atoms with Crippen molar-refractivity contribution in [3.05, 3.63) is 23.2 Å². The molecule has 1 unspecified atom stereocenters. The number of carboxylic acids is 1. The van der Waals surface area contributed by atoms with Crippen LogP contribution in [-0.4, -0.2) is 36.7 Å². The minimum absolute atomic E-state index is 0.0119. The normalized spacial score (nSPS) is 12.4. The SMILES string of the molecule is CCc1oc(C(=O)NCC(OC)C(C)C)cc1C(=O)O. The third-order valence-corrected chi connectivity index (χ3v) is 3.09. The summed E-state index contributed by atoms with van der Waals surface area (Å²) in [4.78, 5) is 22.9. The van der Waals surface area contributed by atoms with Crippen LogP contribution >= 0.6 is 0 Å². The van der Waals surface area contributed by atoms with Crippen LogP contribution in [0.5, 0.6) is 0 Å². The van der Waals surface area contributed by atoms with Crippen molar-refractivity contribution in [1.82, 2.24) is 5.32 Å². The Morgan fingerprint density at radius 1 is 1.45 bits per heavy atom. The van der Waals surface area contributed by atoms with Gasteiger partial charge in [-0.15, -0.1) is 0 Å². The molecule has 1 amide bonds. The van der Waals surface area contributed by atoms with Gasteiger partial charge in [0.2, 0.25) is 0 Å². The molecule has 1 aromatic rings. The Labute approximate surface area is 118 Å². The fourth-order valence-corrected chi connectivity index (χ4v) is 1.86. The molecule has 1 rings (SSSR count). The Kier molecular flexibility index (Phi) is 5.76. The maximum absolute atomic E-state index is 11.9. The molecule has 2 N–H and O–H groups in total. The first kappa shape index (κ1) is 16.2. The van der Waals surface area contributed by atoms with E-state index in [1.54, 1.807) is 14.0 Å². The first-order valence-electron chi connectivity index (χ1n) is 6.57. The van der Waals surface area contributed by atoms with Crippen LogP contribution in [0.15, 0.2) is 10.5 Å². The standard InChI is InChI=1S/C14H21NO5/c1-5-10-9(14(17)18)6-11(20-10)13(16)15-7-12(19-4)8(2)3/h6,8,12H,5,7H2,1-4H3,(H,15,16)(H,17,18). The number of methoxy groups -OCH3 is 1. The van der Waals surface area contributed by atoms with Crippen LogP contribution in [0.4, 0.5) is 0 Å². The predicted octanol–water partition coefficient (Wildman–Crippen LogP) is 1.94. The zero-order valence-electron chi connectivity index (χ0n) is 12.2. The molecule has 0 aromatic carbocycles. The molecule has 20 heavy (non-hydrogen) atoms. The molecule has 0 radical (unpaired) electrons. The lowest BCUT2D eigenvalue weighted by Crippen LogP contribution is -2.35. The Morgan fingerprint density at radius 2 is 2.10 bits per heavy atom. The van der Waals surface area contributed by atoms with Crippen molar-refractivity contribution in [3.63, 3.8) is 0 Å². The predicted molar refractivity (Wildman–Crippen MR) is 73.0 cm³/mol. The highest BCUT2D eigenvalue weighted by molar-refractivity contribution is 5.96. The molecular weight excluding hydrogens is 262 g/mol. The summed E-state index contributed by atoms with van der Waals surface area (Å²) in [6.07, 6.45) is 0.320. The van der Waals surface area contributed by atoms with Gasteiger partial charge in [-0.1, -0.05) is 20.8 Å². The van der Waals surface area contributed by atoms with Crippen molar-refractivity contribution in [3.8, 4) is 0 Å². The van der Waals surface area contributed by atoms with E-state index in [-0.39, 0.29) is 23.3 Å². The molecule has 0 aliphatic rings. The number of rotatable bonds is 7. The zero-order valence-corrected chi connectivity index (χ0v) is 12.2. The highest BCUT2D eigenvalue weighted by Gasteiger charge is 2.21. The number of aromatic carboxylic acids is 1. The number of hydrogen-bond donors (Lipinski definition) is 2. The van der Waals surface area contributed by atoms with Crippen molar-refractivity contribution < 1.29 is 23.8 Å². The van der Waals surface area contributed by atoms with Crippen molar-refractivity contribution >= 4 is 11.9 Å². The largest absolute Gasteiger partial charge is 0.478 e. The van der Waals surface area contributed by atoms with Gasteiger partial charge >= 0.3 is 5.97 Å². The minimum Gasteiger partial charge on any atom is -0.478 e. The second-order valence-electron chi connectivity index (χ2n) is 4.83. The molecule has 112 valence electrons. The molecule has 0 aliphatic carbocycles. The van der Waals surface area contributed by atoms with E-state index in [9.17, 15) is 9.59 Å². The Balaban J connectivity index is 2.75. The van der Waals surface area contributed by atoms with Crippen molar-refractivity contribution in [2.75, 3.05) is 13.7 Å². The number of furan rings is 1. The van der Waals surface area contributed by atoms with Gasteiger partial charge in [0, 0.05) is 26.1 Å². The van der Waals surface area contributed by atoms with E-state index in [2.05, 4.69) is 5.32 Å². The highest BCUT2D eigenvalue weighted by atomic mass is 16.5. The first-order valence-corrected chi connectivity index (χ1v) is 6.57. The molecule has 1 atom stereocenters. The van der Waals surface area contributed by atoms with Gasteiger partial charge in [-0.2, -0.15) is 0 Å². The summed E-state index contributed by atoms with van der Waals surface area (Å²) in [5.74, 6) is -0.957. The summed E-state index contributed by atoms with van der Waals surface area (Å²) in [7, 11) is 1.58. The van der Waals surface area contributed by atoms with Crippen LogP contribution in [0, 0.1) is 5.92 Å². The van der Waals surface area contributed by atoms with Crippen LogP contribution in [0.3, 0.4) is 0 Å². The molecule has 0 saturated carbocycles. The maximum Gasteiger partial charge on any atom is 0.339 e. The van der Waals surface area contributed by atoms with Gasteiger partial charge in [0.1, 0.15) is 11.3 Å². The summed E-state index contributed by atoms with van der Waals surface area (Å²) in [5.41, 5.74) is 0.0322. The molecule has 1 aromatic heterocycles. The van der Waals surface area contributed by atoms with E-state index in [4.69, 9.17) is 14.3 Å². The fourth-order valence-electron chi connectivity index (χ4n) is 1.86. The van der Waals surface area contributed by atoms with E-state index in [0.717, 1.165) is 0 Å². The Bertz CT molecular complexity index is 478. The third-order valence-electron chi connectivity index (χ3n) is 3.09. The van der Waals surface area contributed by atoms with E-state index in [1.165, 1.54) is 6.07 Å². The van der Waals surface area contributed by atoms with Crippen LogP contribution in [-0.2, 0) is 11.2 Å². The average Bonchev–Trinajstić information content (AvgIpc) is 2.83. The van der Waals surface area contributed by atoms with Gasteiger partial charge in [-0.25, -0.2) is 4.79 Å². The number of ether oxygens (including phenoxy) is 1. The van der Waals surface area contributed by atoms with Crippen LogP contribution < -0.4 is 5.32 Å². The molecule has 6 heteroatoms. The molecule has 1 heterocycles. The number of aryl methyl sites for hydroxylation is 1. The Morgan fingerprint density at radius 3 is 2.50 bits per heavy atom. The lowest BCUT2D eigenvalue weighted by atomic mass is 10.1. The topological polar surface area (TPSA) is 88.8 Å². The molecule has 0 spiro atoms. The fraction of sp³-hybridized carbons (Fsp3) is 0.571. The number of carboxylic acid groups (broad SMARTS) is 1. The number of carbonyl (C=O) groups is 2. The first-order chi connectivity index (χ1) is 9.40. The Hall–Kier alpha value is -1.82. The molecule has 0 fully saturated rings. The van der Waals surface area contributed by atoms with Crippen LogP contribution in [0.1, 0.15) is 47.4 Å². The van der Waals surface area contributed by atoms with Gasteiger partial charge in [-0.05, 0) is 5.92 Å². The molecular formula is C14H21NO5. The lowest BCUT2D eigenvalue weighted by Gasteiger charge is -2.19. The van der Waals surface area contributed by atoms with E-state index >= 15 is 0 Å². The summed E-state index contributed by atoms with van der Waals surface area (Å²) in [6.45, 7) is 6.10. The number of amides is 1. The molecule has 0 bridgehead atoms. The average molecular weight is 283 g/mol. The molecule has 0 saturated heterocycles. The minimum atomic E-state index is -1.10. The van der Waals surface area contributed by atoms with Crippen molar-refractivity contribution in [2.24, 2.45) is 5.92 Å². The van der Waals surface area contributed by atoms with E-state index in [1.807, 2.05) is 13.8 Å². The summed E-state index contributed by atoms with van der Waals surface area (Å²) < 4.78 is 10.5. The van der Waals surface area contributed by atoms with Gasteiger partial charge in [0.05, 0.1) is 6.10 Å². The monoisotopic (exact) mass is 283 g/mol. The van der Waals surface area contributed by atoms with Crippen molar-refractivity contribution in [1.29, 1.82) is 0 Å². The van der Waals surface area contributed by atoms with Crippen LogP contribution in [0.25, 0.3) is 0 Å². The number of carbonyl (C=O) groups excluding carboxylic acids is 1. The third kappa shape index (κ3) is 3.84. The van der Waals surface area contributed by atoms with Gasteiger partial charge in [0.15, 0.2) is 5.76 Å². The lowest BCUT2D eigenvalue weighted by molar-refractivity contribution is 0.0596. The van der Waals surface area contributed by atoms with E-state index < -0.39 is 11.9 Å². The highest BCUT2D eigenvalue weighted by Crippen LogP contribution is 2.16. The molecule has 0 aliphatic heterocycles. The quantitative estimate of drug-likeness (QED) is 0.798. The second-order valence-corrected chi connectivity index (χ2v) is 4.83. The smallest absolute Gasteiger partial charge is 0.339 e. The second kappa shape index (κ2) is 7.09. The van der Waals surface area contributed by atoms with Gasteiger partial charge in [-0.3, -0.25) is 4.79 Å². The molecule has 6 nitrogen and oxygen atoms in total. The summed E-state index contributed by atoms with van der Waals surface area (Å²) in [5, 5.41) is 11.7. The van der Waals surface area contributed by atoms with Crippen LogP contribution in [0.2, 0.25) is 0 Å². The van der Waals surface area contributed by atoms with Gasteiger partial charge < -0.3 is 19.6 Å².